The third kappa shape index (κ3) is 2.76. The van der Waals surface area contributed by atoms with Crippen LogP contribution in [0.3, 0.4) is 0 Å². The average molecular weight is 141 g/mol. The van der Waals surface area contributed by atoms with E-state index in [0.29, 0.717) is 0 Å². The molecule has 0 amide bonds. The van der Waals surface area contributed by atoms with Crippen molar-refractivity contribution in [2.24, 2.45) is 0 Å². The van der Waals surface area contributed by atoms with Gasteiger partial charge in [-0.15, -0.1) is 0 Å². The summed E-state index contributed by atoms with van der Waals surface area (Å²) in [5.41, 5.74) is 0. The van der Waals surface area contributed by atoms with Gasteiger partial charge in [0.25, 0.3) is 0 Å². The molecule has 0 aliphatic heterocycles. The summed E-state index contributed by atoms with van der Waals surface area (Å²) < 4.78 is 0.802. The molecule has 0 aromatic carbocycles. The molecule has 0 unspecified atom stereocenters. The fraction of sp³-hybridized carbons (Fsp3) is 0.333. The van der Waals surface area contributed by atoms with Crippen molar-refractivity contribution in [3.8, 4) is 0 Å². The number of hydrogen-bond acceptors (Lipinski definition) is 0. The molecular weight excluding hydrogens is 135 g/mol. The van der Waals surface area contributed by atoms with E-state index < -0.39 is 0 Å². The Balaban J connectivity index is 3.68. The molecule has 0 aromatic heterocycles. The van der Waals surface area contributed by atoms with Crippen molar-refractivity contribution in [1.29, 1.82) is 0 Å². The lowest BCUT2D eigenvalue weighted by atomic mass is 10.7. The van der Waals surface area contributed by atoms with E-state index in [-0.39, 0.29) is 0 Å². The van der Waals surface area contributed by atoms with Crippen molar-refractivity contribution < 1.29 is 0 Å². The van der Waals surface area contributed by atoms with Crippen LogP contribution in [0, 0.1) is 0 Å². The molecule has 6 heavy (non-hydrogen) atoms. The van der Waals surface area contributed by atoms with Crippen molar-refractivity contribution in [2.45, 2.75) is 6.92 Å². The Kier molecular flexibility index (Phi) is 2.91. The molecule has 0 atom stereocenters. The average Bonchev–Trinajstić information content (AvgIpc) is 1.36. The molecule has 0 fully saturated rings. The topological polar surface area (TPSA) is 0 Å². The first-order chi connectivity index (χ1) is 2.64. The van der Waals surface area contributed by atoms with Crippen molar-refractivity contribution >= 4 is 33.4 Å². The van der Waals surface area contributed by atoms with Gasteiger partial charge in [-0.1, -0.05) is 23.2 Å². The molecule has 0 spiro atoms. The minimum atomic E-state index is 0.725. The molecule has 0 heterocycles. The zero-order valence-electron chi connectivity index (χ0n) is 3.76. The van der Waals surface area contributed by atoms with Crippen LogP contribution in [0.5, 0.6) is 0 Å². The molecule has 0 aliphatic rings. The van der Waals surface area contributed by atoms with Crippen LogP contribution in [-0.4, -0.2) is 10.2 Å². The van der Waals surface area contributed by atoms with Gasteiger partial charge in [-0.25, -0.2) is 0 Å². The summed E-state index contributed by atoms with van der Waals surface area (Å²) in [6, 6.07) is 0. The summed E-state index contributed by atoms with van der Waals surface area (Å²) in [7, 11) is 0.867. The quantitative estimate of drug-likeness (QED) is 0.442. The smallest absolute Gasteiger partial charge is 0.0547 e. The monoisotopic (exact) mass is 140 g/mol. The Morgan fingerprint density at radius 1 is 1.50 bits per heavy atom. The lowest BCUT2D eigenvalue weighted by Crippen LogP contribution is -1.66. The Morgan fingerprint density at radius 2 is 1.67 bits per heavy atom. The van der Waals surface area contributed by atoms with Gasteiger partial charge in [-0.05, 0) is 6.92 Å². The highest BCUT2D eigenvalue weighted by Crippen LogP contribution is 2.06. The summed E-state index contributed by atoms with van der Waals surface area (Å²) in [6.07, 6.45) is 0. The molecule has 0 aromatic rings. The number of halogens is 2. The van der Waals surface area contributed by atoms with E-state index in [1.54, 1.807) is 6.92 Å². The number of hydrogen-bond donors (Lipinski definition) is 0. The van der Waals surface area contributed by atoms with Gasteiger partial charge in [0.15, 0.2) is 0 Å². The second kappa shape index (κ2) is 2.67. The summed E-state index contributed by atoms with van der Waals surface area (Å²) >= 11 is 10.8. The van der Waals surface area contributed by atoms with Crippen LogP contribution in [-0.2, 0) is 0 Å². The molecule has 3 heteroatoms. The van der Waals surface area contributed by atoms with Gasteiger partial charge in [-0.3, -0.25) is 0 Å². The van der Waals surface area contributed by atoms with E-state index in [1.807, 2.05) is 0 Å². The van der Waals surface area contributed by atoms with Gasteiger partial charge >= 0.3 is 0 Å². The van der Waals surface area contributed by atoms with Gasteiger partial charge in [0.05, 0.1) is 10.2 Å². The van der Waals surface area contributed by atoms with Crippen molar-refractivity contribution in [3.63, 3.8) is 0 Å². The highest BCUT2D eigenvalue weighted by Gasteiger charge is 1.81. The molecular formula is C3H6Cl2Si. The summed E-state index contributed by atoms with van der Waals surface area (Å²) in [4.78, 5) is 0. The normalized spacial score (nSPS) is 14.5. The summed E-state index contributed by atoms with van der Waals surface area (Å²) in [5, 5.41) is 0.725. The van der Waals surface area contributed by atoms with Gasteiger partial charge in [0.1, 0.15) is 0 Å². The molecule has 0 bridgehead atoms. The summed E-state index contributed by atoms with van der Waals surface area (Å²) in [5.74, 6) is 0. The molecule has 0 saturated heterocycles. The Hall–Kier alpha value is 0.537. The second-order valence-corrected chi connectivity index (χ2v) is 3.83. The van der Waals surface area contributed by atoms with Crippen LogP contribution >= 0.6 is 23.2 Å². The maximum Gasteiger partial charge on any atom is 0.0547 e. The number of rotatable bonds is 0. The largest absolute Gasteiger partial charge is 0.0942 e. The molecule has 0 aliphatic carbocycles. The third-order valence-electron chi connectivity index (χ3n) is 0.475. The van der Waals surface area contributed by atoms with Crippen LogP contribution in [0.2, 0.25) is 0 Å². The highest BCUT2D eigenvalue weighted by atomic mass is 35.5. The minimum absolute atomic E-state index is 0.725. The van der Waals surface area contributed by atoms with E-state index in [1.165, 1.54) is 0 Å². The zero-order chi connectivity index (χ0) is 5.15. The fourth-order valence-electron chi connectivity index (χ4n) is 0. The highest BCUT2D eigenvalue weighted by molar-refractivity contribution is 6.56. The standard InChI is InChI=1S/C3H6Cl2Si/c1-2(4)3(5)6/h1,6H3. The molecule has 0 nitrogen and oxygen atoms in total. The van der Waals surface area contributed by atoms with E-state index in [2.05, 4.69) is 0 Å². The van der Waals surface area contributed by atoms with Crippen LogP contribution in [0.1, 0.15) is 6.92 Å². The van der Waals surface area contributed by atoms with Crippen molar-refractivity contribution in [3.05, 3.63) is 9.69 Å². The molecule has 36 valence electrons. The zero-order valence-corrected chi connectivity index (χ0v) is 7.27. The lowest BCUT2D eigenvalue weighted by Gasteiger charge is -1.82. The van der Waals surface area contributed by atoms with Crippen molar-refractivity contribution in [2.75, 3.05) is 0 Å². The van der Waals surface area contributed by atoms with Crippen LogP contribution in [0.15, 0.2) is 9.69 Å². The fourth-order valence-corrected chi connectivity index (χ4v) is 0. The first-order valence-corrected chi connectivity index (χ1v) is 3.38. The minimum Gasteiger partial charge on any atom is -0.0942 e. The van der Waals surface area contributed by atoms with E-state index in [4.69, 9.17) is 23.2 Å². The first-order valence-electron chi connectivity index (χ1n) is 1.63. The predicted molar refractivity (Wildman–Crippen MR) is 34.3 cm³/mol. The van der Waals surface area contributed by atoms with Gasteiger partial charge < -0.3 is 0 Å². The van der Waals surface area contributed by atoms with Gasteiger partial charge in [0, 0.05) is 9.69 Å². The predicted octanol–water partition coefficient (Wildman–Crippen LogP) is 1.02. The lowest BCUT2D eigenvalue weighted by molar-refractivity contribution is 1.68. The third-order valence-corrected chi connectivity index (χ3v) is 2.21. The van der Waals surface area contributed by atoms with Crippen LogP contribution < -0.4 is 0 Å². The van der Waals surface area contributed by atoms with E-state index in [9.17, 15) is 0 Å². The maximum absolute atomic E-state index is 5.42. The van der Waals surface area contributed by atoms with Gasteiger partial charge in [-0.2, -0.15) is 0 Å². The van der Waals surface area contributed by atoms with Crippen molar-refractivity contribution in [1.82, 2.24) is 0 Å². The maximum atomic E-state index is 5.42. The van der Waals surface area contributed by atoms with Crippen LogP contribution in [0.4, 0.5) is 0 Å². The SMILES string of the molecule is CC(Cl)=C([SiH3])Cl. The van der Waals surface area contributed by atoms with Gasteiger partial charge in [0.2, 0.25) is 0 Å². The molecule has 0 saturated carbocycles. The van der Waals surface area contributed by atoms with Crippen LogP contribution in [0.25, 0.3) is 0 Å². The van der Waals surface area contributed by atoms with E-state index in [0.717, 1.165) is 19.9 Å². The van der Waals surface area contributed by atoms with E-state index >= 15 is 0 Å². The molecule has 0 N–H and O–H groups in total. The molecule has 0 radical (unpaired) electrons. The Bertz CT molecular complexity index is 58.9. The first kappa shape index (κ1) is 6.54. The summed E-state index contributed by atoms with van der Waals surface area (Å²) in [6.45, 7) is 1.79. The number of allylic oxidation sites excluding steroid dienone is 1. The second-order valence-electron chi connectivity index (χ2n) is 1.07. The Morgan fingerprint density at radius 3 is 1.67 bits per heavy atom. The Labute approximate surface area is 50.6 Å². The molecule has 0 rings (SSSR count).